The summed E-state index contributed by atoms with van der Waals surface area (Å²) in [5, 5.41) is 13.9. The number of hydrogen-bond acceptors (Lipinski definition) is 6. The third kappa shape index (κ3) is 2.63. The minimum Gasteiger partial charge on any atom is -0.389 e. The van der Waals surface area contributed by atoms with Crippen molar-refractivity contribution in [2.75, 3.05) is 6.61 Å². The fraction of sp³-hybridized carbons (Fsp3) is 0.467. The van der Waals surface area contributed by atoms with Crippen LogP contribution in [0.1, 0.15) is 11.6 Å². The van der Waals surface area contributed by atoms with E-state index in [9.17, 15) is 9.50 Å². The zero-order chi connectivity index (χ0) is 15.8. The molecule has 23 heavy (non-hydrogen) atoms. The summed E-state index contributed by atoms with van der Waals surface area (Å²) in [5.41, 5.74) is 0.493. The van der Waals surface area contributed by atoms with Crippen molar-refractivity contribution in [2.24, 2.45) is 0 Å². The van der Waals surface area contributed by atoms with Crippen molar-refractivity contribution in [3.63, 3.8) is 0 Å². The molecule has 2 aliphatic rings. The Morgan fingerprint density at radius 2 is 2.30 bits per heavy atom. The van der Waals surface area contributed by atoms with Gasteiger partial charge in [-0.1, -0.05) is 0 Å². The van der Waals surface area contributed by atoms with E-state index in [0.717, 1.165) is 0 Å². The summed E-state index contributed by atoms with van der Waals surface area (Å²) in [5.74, 6) is -0.377. The van der Waals surface area contributed by atoms with Crippen LogP contribution in [0.25, 0.3) is 0 Å². The van der Waals surface area contributed by atoms with Crippen LogP contribution in [0.5, 0.6) is 0 Å². The topological polar surface area (TPSA) is 81.4 Å². The molecule has 0 amide bonds. The lowest BCUT2D eigenvalue weighted by atomic mass is 9.95. The van der Waals surface area contributed by atoms with Gasteiger partial charge in [-0.2, -0.15) is 0 Å². The molecule has 122 valence electrons. The normalized spacial score (nSPS) is 33.0. The first-order chi connectivity index (χ1) is 11.2. The summed E-state index contributed by atoms with van der Waals surface area (Å²) < 4.78 is 26.9. The van der Waals surface area contributed by atoms with Crippen LogP contribution in [0.15, 0.2) is 37.2 Å². The van der Waals surface area contributed by atoms with Crippen molar-refractivity contribution in [2.45, 2.75) is 37.1 Å². The molecule has 2 aliphatic heterocycles. The quantitative estimate of drug-likeness (QED) is 0.839. The number of aromatic nitrogens is 3. The lowest BCUT2D eigenvalue weighted by Crippen LogP contribution is -2.57. The molecule has 0 saturated carbocycles. The van der Waals surface area contributed by atoms with Gasteiger partial charge < -0.3 is 24.5 Å². The predicted octanol–water partition coefficient (Wildman–Crippen LogP) is 0.233. The van der Waals surface area contributed by atoms with Gasteiger partial charge in [-0.25, -0.2) is 9.37 Å². The predicted molar refractivity (Wildman–Crippen MR) is 76.7 cm³/mol. The Hall–Kier alpha value is -1.87. The zero-order valence-corrected chi connectivity index (χ0v) is 12.2. The fourth-order valence-corrected chi connectivity index (χ4v) is 3.19. The summed E-state index contributed by atoms with van der Waals surface area (Å²) in [6, 6.07) is 0.851. The van der Waals surface area contributed by atoms with E-state index in [-0.39, 0.29) is 24.5 Å². The molecular formula is C15H17FN4O3. The summed E-state index contributed by atoms with van der Waals surface area (Å²) in [7, 11) is 0. The van der Waals surface area contributed by atoms with E-state index >= 15 is 0 Å². The second-order valence-corrected chi connectivity index (χ2v) is 5.74. The third-order valence-corrected chi connectivity index (χ3v) is 4.38. The van der Waals surface area contributed by atoms with Gasteiger partial charge in [0.15, 0.2) is 6.29 Å². The van der Waals surface area contributed by atoms with E-state index in [2.05, 4.69) is 15.3 Å². The molecule has 0 aromatic carbocycles. The smallest absolute Gasteiger partial charge is 0.181 e. The van der Waals surface area contributed by atoms with E-state index in [1.54, 1.807) is 29.4 Å². The molecule has 2 fully saturated rings. The largest absolute Gasteiger partial charge is 0.389 e. The highest BCUT2D eigenvalue weighted by atomic mass is 19.1. The molecule has 2 aromatic rings. The van der Waals surface area contributed by atoms with Crippen LogP contribution < -0.4 is 5.32 Å². The minimum atomic E-state index is -0.736. The van der Waals surface area contributed by atoms with Gasteiger partial charge in [0.25, 0.3) is 0 Å². The summed E-state index contributed by atoms with van der Waals surface area (Å²) in [4.78, 5) is 7.74. The Balaban J connectivity index is 1.52. The molecule has 0 unspecified atom stereocenters. The molecule has 4 heterocycles. The van der Waals surface area contributed by atoms with Crippen molar-refractivity contribution < 1.29 is 19.0 Å². The molecule has 5 atom stereocenters. The summed E-state index contributed by atoms with van der Waals surface area (Å²) >= 11 is 0. The number of nitrogens with zero attached hydrogens (tertiary/aromatic N) is 3. The zero-order valence-electron chi connectivity index (χ0n) is 12.2. The monoisotopic (exact) mass is 320 g/mol. The van der Waals surface area contributed by atoms with Crippen LogP contribution in [-0.4, -0.2) is 50.8 Å². The number of aliphatic hydroxyl groups is 1. The number of ether oxygens (including phenoxy) is 2. The van der Waals surface area contributed by atoms with Gasteiger partial charge in [0.1, 0.15) is 18.0 Å². The molecule has 0 radical (unpaired) electrons. The van der Waals surface area contributed by atoms with Crippen LogP contribution in [0, 0.1) is 5.82 Å². The highest BCUT2D eigenvalue weighted by molar-refractivity contribution is 5.13. The maximum absolute atomic E-state index is 13.7. The Morgan fingerprint density at radius 1 is 1.39 bits per heavy atom. The van der Waals surface area contributed by atoms with E-state index < -0.39 is 18.4 Å². The number of rotatable bonds is 4. The second-order valence-electron chi connectivity index (χ2n) is 5.74. The first kappa shape index (κ1) is 14.7. The SMILES string of the molecule is O[C@H]1[C@H](NCc2ccncc2F)[C@H]2CO[C@H](O2)[C@@H]1n1ccnc1. The van der Waals surface area contributed by atoms with E-state index in [1.165, 1.54) is 12.4 Å². The molecule has 2 aromatic heterocycles. The standard InChI is InChI=1S/C15H17FN4O3/c16-10-6-17-2-1-9(10)5-19-12-11-7-22-15(23-11)13(14(12)21)20-4-3-18-8-20/h1-4,6,8,11-15,19,21H,5,7H2/t11-,12-,13-,14+,15-/m1/s1. The Labute approximate surface area is 132 Å². The summed E-state index contributed by atoms with van der Waals surface area (Å²) in [6.45, 7) is 0.667. The fourth-order valence-electron chi connectivity index (χ4n) is 3.19. The number of hydrogen-bond donors (Lipinski definition) is 2. The van der Waals surface area contributed by atoms with E-state index in [4.69, 9.17) is 9.47 Å². The average molecular weight is 320 g/mol. The van der Waals surface area contributed by atoms with Gasteiger partial charge in [0.05, 0.1) is 31.3 Å². The lowest BCUT2D eigenvalue weighted by molar-refractivity contribution is -0.165. The van der Waals surface area contributed by atoms with Gasteiger partial charge in [-0.3, -0.25) is 4.98 Å². The average Bonchev–Trinajstić information content (AvgIpc) is 3.21. The Bertz CT molecular complexity index is 669. The molecule has 0 spiro atoms. The van der Waals surface area contributed by atoms with Gasteiger partial charge in [-0.05, 0) is 6.07 Å². The maximum atomic E-state index is 13.7. The van der Waals surface area contributed by atoms with Crippen molar-refractivity contribution in [3.8, 4) is 0 Å². The second kappa shape index (κ2) is 5.97. The molecular weight excluding hydrogens is 303 g/mol. The Morgan fingerprint density at radius 3 is 3.09 bits per heavy atom. The minimum absolute atomic E-state index is 0.264. The van der Waals surface area contributed by atoms with Crippen molar-refractivity contribution in [1.29, 1.82) is 0 Å². The summed E-state index contributed by atoms with van der Waals surface area (Å²) in [6.07, 6.45) is 6.24. The van der Waals surface area contributed by atoms with Crippen LogP contribution in [0.2, 0.25) is 0 Å². The molecule has 8 heteroatoms. The number of pyridine rings is 1. The van der Waals surface area contributed by atoms with Crippen LogP contribution in [0.4, 0.5) is 4.39 Å². The third-order valence-electron chi connectivity index (χ3n) is 4.38. The molecule has 4 rings (SSSR count). The van der Waals surface area contributed by atoms with Crippen LogP contribution in [0.3, 0.4) is 0 Å². The molecule has 2 saturated heterocycles. The highest BCUT2D eigenvalue weighted by Crippen LogP contribution is 2.35. The van der Waals surface area contributed by atoms with Crippen molar-refractivity contribution in [1.82, 2.24) is 19.9 Å². The first-order valence-corrected chi connectivity index (χ1v) is 7.48. The van der Waals surface area contributed by atoms with E-state index in [0.29, 0.717) is 12.2 Å². The van der Waals surface area contributed by atoms with Crippen molar-refractivity contribution in [3.05, 3.63) is 48.6 Å². The highest BCUT2D eigenvalue weighted by Gasteiger charge is 2.50. The number of aliphatic hydroxyl groups excluding tert-OH is 1. The van der Waals surface area contributed by atoms with Gasteiger partial charge in [0.2, 0.25) is 0 Å². The van der Waals surface area contributed by atoms with Crippen LogP contribution in [-0.2, 0) is 16.0 Å². The number of fused-ring (bicyclic) bond motifs is 2. The van der Waals surface area contributed by atoms with Gasteiger partial charge in [0, 0.05) is 30.7 Å². The van der Waals surface area contributed by atoms with Crippen LogP contribution >= 0.6 is 0 Å². The van der Waals surface area contributed by atoms with E-state index in [1.807, 2.05) is 0 Å². The lowest BCUT2D eigenvalue weighted by Gasteiger charge is -2.39. The number of imidazole rings is 1. The van der Waals surface area contributed by atoms with Gasteiger partial charge in [-0.15, -0.1) is 0 Å². The number of nitrogens with one attached hydrogen (secondary N) is 1. The maximum Gasteiger partial charge on any atom is 0.181 e. The first-order valence-electron chi connectivity index (χ1n) is 7.48. The Kier molecular flexibility index (Phi) is 3.82. The van der Waals surface area contributed by atoms with Crippen molar-refractivity contribution >= 4 is 0 Å². The molecule has 2 N–H and O–H groups in total. The van der Waals surface area contributed by atoms with Gasteiger partial charge >= 0.3 is 0 Å². The molecule has 0 aliphatic carbocycles. The molecule has 2 bridgehead atoms. The number of halogens is 1. The molecule has 7 nitrogen and oxygen atoms in total.